The Hall–Kier alpha value is -3.88. The van der Waals surface area contributed by atoms with E-state index >= 15 is 0 Å². The Bertz CT molecular complexity index is 1320. The van der Waals surface area contributed by atoms with Crippen molar-refractivity contribution in [3.8, 4) is 17.4 Å². The fourth-order valence-corrected chi connectivity index (χ4v) is 3.26. The topological polar surface area (TPSA) is 80.1 Å². The second kappa shape index (κ2) is 7.63. The van der Waals surface area contributed by atoms with E-state index < -0.39 is 4.92 Å². The van der Waals surface area contributed by atoms with Crippen LogP contribution in [0.25, 0.3) is 33.7 Å². The van der Waals surface area contributed by atoms with Crippen LogP contribution < -0.4 is 0 Å². The minimum absolute atomic E-state index is 0.0634. The Balaban J connectivity index is 1.69. The van der Waals surface area contributed by atoms with E-state index in [4.69, 9.17) is 16.0 Å². The van der Waals surface area contributed by atoms with Gasteiger partial charge in [0.1, 0.15) is 16.5 Å². The van der Waals surface area contributed by atoms with Gasteiger partial charge in [0.25, 0.3) is 5.69 Å². The Morgan fingerprint density at radius 1 is 1.03 bits per heavy atom. The number of nitro benzene ring substituents is 1. The molecule has 0 atom stereocenters. The van der Waals surface area contributed by atoms with Crippen molar-refractivity contribution < 1.29 is 9.34 Å². The van der Waals surface area contributed by atoms with Gasteiger partial charge in [-0.15, -0.1) is 0 Å². The van der Waals surface area contributed by atoms with Gasteiger partial charge in [-0.25, -0.2) is 0 Å². The van der Waals surface area contributed by atoms with Crippen molar-refractivity contribution in [1.29, 1.82) is 5.26 Å². The molecule has 0 saturated heterocycles. The number of nitriles is 1. The number of hydrogen-bond acceptors (Lipinski definition) is 4. The fraction of sp³-hybridized carbons (Fsp3) is 0. The number of fused-ring (bicyclic) bond motifs is 1. The smallest absolute Gasteiger partial charge is 0.288 e. The summed E-state index contributed by atoms with van der Waals surface area (Å²) in [7, 11) is 0. The Morgan fingerprint density at radius 3 is 2.59 bits per heavy atom. The number of rotatable bonds is 4. The van der Waals surface area contributed by atoms with Crippen molar-refractivity contribution in [3.05, 3.63) is 99.3 Å². The van der Waals surface area contributed by atoms with Crippen LogP contribution >= 0.6 is 11.6 Å². The van der Waals surface area contributed by atoms with Crippen molar-refractivity contribution >= 4 is 39.7 Å². The van der Waals surface area contributed by atoms with Crippen LogP contribution in [0.1, 0.15) is 11.3 Å². The van der Waals surface area contributed by atoms with Crippen LogP contribution in [0.5, 0.6) is 0 Å². The number of halogens is 1. The summed E-state index contributed by atoms with van der Waals surface area (Å²) in [5, 5.41) is 22.9. The number of allylic oxidation sites excluding steroid dienone is 1. The Kier molecular flexibility index (Phi) is 4.86. The molecule has 6 heteroatoms. The first-order valence-electron chi connectivity index (χ1n) is 8.70. The van der Waals surface area contributed by atoms with Gasteiger partial charge in [-0.05, 0) is 52.7 Å². The number of hydrogen-bond donors (Lipinski definition) is 0. The molecule has 1 heterocycles. The third kappa shape index (κ3) is 3.75. The molecule has 0 N–H and O–H groups in total. The lowest BCUT2D eigenvalue weighted by atomic mass is 10.0. The van der Waals surface area contributed by atoms with Gasteiger partial charge in [-0.1, -0.05) is 48.0 Å². The molecule has 3 aromatic carbocycles. The van der Waals surface area contributed by atoms with Crippen LogP contribution in [-0.2, 0) is 0 Å². The van der Waals surface area contributed by atoms with Crippen LogP contribution in [0.15, 0.2) is 77.2 Å². The molecule has 0 spiro atoms. The Morgan fingerprint density at radius 2 is 1.83 bits per heavy atom. The molecule has 0 fully saturated rings. The van der Waals surface area contributed by atoms with Gasteiger partial charge in [0, 0.05) is 11.6 Å². The van der Waals surface area contributed by atoms with E-state index in [0.29, 0.717) is 22.7 Å². The highest BCUT2D eigenvalue weighted by atomic mass is 35.5. The van der Waals surface area contributed by atoms with Crippen molar-refractivity contribution in [3.63, 3.8) is 0 Å². The highest BCUT2D eigenvalue weighted by molar-refractivity contribution is 6.32. The maximum absolute atomic E-state index is 11.1. The molecule has 4 rings (SSSR count). The average Bonchev–Trinajstić information content (AvgIpc) is 3.20. The lowest BCUT2D eigenvalue weighted by Crippen LogP contribution is -1.89. The van der Waals surface area contributed by atoms with Gasteiger partial charge < -0.3 is 4.42 Å². The molecule has 0 aliphatic heterocycles. The predicted octanol–water partition coefficient (Wildman–Crippen LogP) is 6.73. The molecule has 0 saturated carbocycles. The monoisotopic (exact) mass is 400 g/mol. The van der Waals surface area contributed by atoms with Crippen LogP contribution in [0.4, 0.5) is 5.69 Å². The number of nitro groups is 1. The molecule has 5 nitrogen and oxygen atoms in total. The van der Waals surface area contributed by atoms with Gasteiger partial charge in [-0.2, -0.15) is 5.26 Å². The maximum atomic E-state index is 11.1. The van der Waals surface area contributed by atoms with E-state index in [9.17, 15) is 15.4 Å². The zero-order valence-corrected chi connectivity index (χ0v) is 15.8. The molecular formula is C23H13ClN2O3. The average molecular weight is 401 g/mol. The first kappa shape index (κ1) is 18.5. The lowest BCUT2D eigenvalue weighted by molar-refractivity contribution is -0.384. The van der Waals surface area contributed by atoms with Crippen molar-refractivity contribution in [1.82, 2.24) is 0 Å². The molecule has 0 amide bonds. The first-order chi connectivity index (χ1) is 14.0. The van der Waals surface area contributed by atoms with Crippen LogP contribution in [0.3, 0.4) is 0 Å². The summed E-state index contributed by atoms with van der Waals surface area (Å²) in [5.41, 5.74) is 1.58. The maximum Gasteiger partial charge on any atom is 0.288 e. The van der Waals surface area contributed by atoms with E-state index in [2.05, 4.69) is 6.07 Å². The summed E-state index contributed by atoms with van der Waals surface area (Å²) in [5.74, 6) is 0.925. The van der Waals surface area contributed by atoms with E-state index in [-0.39, 0.29) is 10.7 Å². The van der Waals surface area contributed by atoms with E-state index in [1.54, 1.807) is 24.3 Å². The highest BCUT2D eigenvalue weighted by Gasteiger charge is 2.15. The second-order valence-corrected chi connectivity index (χ2v) is 6.76. The standard InChI is InChI=1S/C23H13ClN2O3/c24-21-9-7-18(13-22(21)26(27)28)23-10-8-20(29-23)12-19(14-25)17-6-5-15-3-1-2-4-16(15)11-17/h1-13H/b19-12+. The van der Waals surface area contributed by atoms with Crippen LogP contribution in [-0.4, -0.2) is 4.92 Å². The molecule has 29 heavy (non-hydrogen) atoms. The number of benzene rings is 3. The summed E-state index contributed by atoms with van der Waals surface area (Å²) in [4.78, 5) is 10.6. The van der Waals surface area contributed by atoms with Crippen LogP contribution in [0.2, 0.25) is 5.02 Å². The minimum Gasteiger partial charge on any atom is -0.457 e. The Labute approximate surface area is 171 Å². The van der Waals surface area contributed by atoms with Crippen molar-refractivity contribution in [2.45, 2.75) is 0 Å². The number of nitrogens with zero attached hydrogens (tertiary/aromatic N) is 2. The SMILES string of the molecule is N#C/C(=C\c1ccc(-c2ccc(Cl)c([N+](=O)[O-])c2)o1)c1ccc2ccccc2c1. The first-order valence-corrected chi connectivity index (χ1v) is 9.08. The predicted molar refractivity (Wildman–Crippen MR) is 113 cm³/mol. The largest absolute Gasteiger partial charge is 0.457 e. The van der Waals surface area contributed by atoms with Crippen molar-refractivity contribution in [2.75, 3.05) is 0 Å². The molecule has 0 bridgehead atoms. The highest BCUT2D eigenvalue weighted by Crippen LogP contribution is 2.32. The summed E-state index contributed by atoms with van der Waals surface area (Å²) in [6, 6.07) is 23.8. The lowest BCUT2D eigenvalue weighted by Gasteiger charge is -2.02. The molecule has 0 aliphatic carbocycles. The zero-order chi connectivity index (χ0) is 20.4. The summed E-state index contributed by atoms with van der Waals surface area (Å²) in [6.07, 6.45) is 1.65. The summed E-state index contributed by atoms with van der Waals surface area (Å²) >= 11 is 5.86. The molecule has 0 unspecified atom stereocenters. The van der Waals surface area contributed by atoms with Crippen molar-refractivity contribution in [2.24, 2.45) is 0 Å². The van der Waals surface area contributed by atoms with E-state index in [0.717, 1.165) is 16.3 Å². The molecule has 0 aliphatic rings. The van der Waals surface area contributed by atoms with Crippen LogP contribution in [0, 0.1) is 21.4 Å². The molecule has 4 aromatic rings. The van der Waals surface area contributed by atoms with Gasteiger partial charge in [0.05, 0.1) is 16.6 Å². The molecule has 1 aromatic heterocycles. The van der Waals surface area contributed by atoms with E-state index in [1.165, 1.54) is 12.1 Å². The minimum atomic E-state index is -0.539. The quantitative estimate of drug-likeness (QED) is 0.216. The van der Waals surface area contributed by atoms with E-state index in [1.807, 2.05) is 42.5 Å². The third-order valence-corrected chi connectivity index (χ3v) is 4.84. The molecule has 0 radical (unpaired) electrons. The molecular weight excluding hydrogens is 388 g/mol. The number of furan rings is 1. The zero-order valence-electron chi connectivity index (χ0n) is 15.0. The summed E-state index contributed by atoms with van der Waals surface area (Å²) in [6.45, 7) is 0. The molecule has 140 valence electrons. The van der Waals surface area contributed by atoms with Gasteiger partial charge in [0.15, 0.2) is 0 Å². The van der Waals surface area contributed by atoms with Gasteiger partial charge >= 0.3 is 0 Å². The van der Waals surface area contributed by atoms with Gasteiger partial charge in [-0.3, -0.25) is 10.1 Å². The second-order valence-electron chi connectivity index (χ2n) is 6.36. The third-order valence-electron chi connectivity index (χ3n) is 4.52. The van der Waals surface area contributed by atoms with Gasteiger partial charge in [0.2, 0.25) is 0 Å². The normalized spacial score (nSPS) is 11.4. The summed E-state index contributed by atoms with van der Waals surface area (Å²) < 4.78 is 5.79. The fourth-order valence-electron chi connectivity index (χ4n) is 3.07.